The Balaban J connectivity index is 1.65. The van der Waals surface area contributed by atoms with Gasteiger partial charge in [-0.05, 0) is 55.8 Å². The molecule has 1 fully saturated rings. The lowest BCUT2D eigenvalue weighted by Gasteiger charge is -2.27. The number of fused-ring (bicyclic) bond motifs is 1. The highest BCUT2D eigenvalue weighted by Gasteiger charge is 2.19. The Morgan fingerprint density at radius 3 is 3.12 bits per heavy atom. The Bertz CT molecular complexity index is 394. The van der Waals surface area contributed by atoms with Gasteiger partial charge in [0.15, 0.2) is 0 Å². The number of rotatable bonds is 2. The fraction of sp³-hybridized carbons (Fsp3) is 0.600. The molecule has 2 aliphatic heterocycles. The smallest absolute Gasteiger partial charge is 0.122 e. The van der Waals surface area contributed by atoms with E-state index in [0.29, 0.717) is 6.04 Å². The van der Waals surface area contributed by atoms with Crippen molar-refractivity contribution in [3.8, 4) is 5.75 Å². The zero-order valence-corrected chi connectivity index (χ0v) is 10.5. The third-order valence-corrected chi connectivity index (χ3v) is 4.04. The standard InChI is InChI=1S/C15H21NO/c1-11-2-3-13(10-16-11)8-12-4-5-15-14(9-12)6-7-17-15/h4-5,9,11,13,16H,2-3,6-8,10H2,1H3. The fourth-order valence-corrected chi connectivity index (χ4v) is 2.93. The second-order valence-corrected chi connectivity index (χ2v) is 5.50. The van der Waals surface area contributed by atoms with Crippen LogP contribution >= 0.6 is 0 Å². The van der Waals surface area contributed by atoms with Crippen molar-refractivity contribution in [2.75, 3.05) is 13.2 Å². The molecule has 0 radical (unpaired) electrons. The van der Waals surface area contributed by atoms with Crippen LogP contribution in [0.3, 0.4) is 0 Å². The van der Waals surface area contributed by atoms with Crippen molar-refractivity contribution in [1.29, 1.82) is 0 Å². The number of nitrogens with one attached hydrogen (secondary N) is 1. The Hall–Kier alpha value is -1.02. The molecular weight excluding hydrogens is 210 g/mol. The number of benzene rings is 1. The van der Waals surface area contributed by atoms with E-state index in [0.717, 1.165) is 24.7 Å². The van der Waals surface area contributed by atoms with Crippen LogP contribution in [0.5, 0.6) is 5.75 Å². The van der Waals surface area contributed by atoms with Gasteiger partial charge in [0, 0.05) is 12.5 Å². The third-order valence-electron chi connectivity index (χ3n) is 4.04. The quantitative estimate of drug-likeness (QED) is 0.844. The minimum absolute atomic E-state index is 0.708. The summed E-state index contributed by atoms with van der Waals surface area (Å²) in [5.74, 6) is 1.91. The SMILES string of the molecule is CC1CCC(Cc2ccc3c(c2)CCO3)CN1. The summed E-state index contributed by atoms with van der Waals surface area (Å²) in [5, 5.41) is 3.58. The largest absolute Gasteiger partial charge is 0.493 e. The Kier molecular flexibility index (Phi) is 3.06. The van der Waals surface area contributed by atoms with Gasteiger partial charge in [-0.25, -0.2) is 0 Å². The molecule has 17 heavy (non-hydrogen) atoms. The highest BCUT2D eigenvalue weighted by atomic mass is 16.5. The lowest BCUT2D eigenvalue weighted by Crippen LogP contribution is -2.37. The molecule has 0 saturated carbocycles. The van der Waals surface area contributed by atoms with Crippen molar-refractivity contribution >= 4 is 0 Å². The topological polar surface area (TPSA) is 21.3 Å². The maximum absolute atomic E-state index is 5.55. The van der Waals surface area contributed by atoms with Crippen LogP contribution in [0.15, 0.2) is 18.2 Å². The average molecular weight is 231 g/mol. The van der Waals surface area contributed by atoms with Crippen LogP contribution in [0.25, 0.3) is 0 Å². The number of piperidine rings is 1. The molecule has 1 aromatic rings. The van der Waals surface area contributed by atoms with Crippen LogP contribution in [-0.4, -0.2) is 19.2 Å². The molecule has 92 valence electrons. The van der Waals surface area contributed by atoms with E-state index in [1.54, 1.807) is 0 Å². The van der Waals surface area contributed by atoms with E-state index in [1.165, 1.54) is 36.9 Å². The first kappa shape index (κ1) is 11.1. The van der Waals surface area contributed by atoms with E-state index >= 15 is 0 Å². The molecule has 1 N–H and O–H groups in total. The second kappa shape index (κ2) is 4.69. The summed E-state index contributed by atoms with van der Waals surface area (Å²) in [4.78, 5) is 0. The molecular formula is C15H21NO. The van der Waals surface area contributed by atoms with Gasteiger partial charge in [-0.2, -0.15) is 0 Å². The van der Waals surface area contributed by atoms with E-state index in [4.69, 9.17) is 4.74 Å². The molecule has 1 aromatic carbocycles. The summed E-state index contributed by atoms with van der Waals surface area (Å²) in [5.41, 5.74) is 2.88. The van der Waals surface area contributed by atoms with E-state index in [2.05, 4.69) is 30.4 Å². The maximum Gasteiger partial charge on any atom is 0.122 e. The fourth-order valence-electron chi connectivity index (χ4n) is 2.93. The van der Waals surface area contributed by atoms with E-state index in [9.17, 15) is 0 Å². The second-order valence-electron chi connectivity index (χ2n) is 5.50. The molecule has 2 unspecified atom stereocenters. The van der Waals surface area contributed by atoms with Crippen LogP contribution in [0.4, 0.5) is 0 Å². The lowest BCUT2D eigenvalue weighted by atomic mass is 9.89. The molecule has 3 rings (SSSR count). The Morgan fingerprint density at radius 1 is 1.35 bits per heavy atom. The minimum Gasteiger partial charge on any atom is -0.493 e. The zero-order chi connectivity index (χ0) is 11.7. The number of hydrogen-bond donors (Lipinski definition) is 1. The van der Waals surface area contributed by atoms with Crippen molar-refractivity contribution in [3.05, 3.63) is 29.3 Å². The Morgan fingerprint density at radius 2 is 2.29 bits per heavy atom. The summed E-state index contributed by atoms with van der Waals surface area (Å²) >= 11 is 0. The van der Waals surface area contributed by atoms with Crippen LogP contribution in [0.2, 0.25) is 0 Å². The number of hydrogen-bond acceptors (Lipinski definition) is 2. The monoisotopic (exact) mass is 231 g/mol. The van der Waals surface area contributed by atoms with Crippen LogP contribution in [0, 0.1) is 5.92 Å². The van der Waals surface area contributed by atoms with Gasteiger partial charge in [0.05, 0.1) is 6.61 Å². The van der Waals surface area contributed by atoms with Crippen molar-refractivity contribution in [2.45, 2.75) is 38.6 Å². The van der Waals surface area contributed by atoms with E-state index in [-0.39, 0.29) is 0 Å². The molecule has 0 amide bonds. The molecule has 1 saturated heterocycles. The number of ether oxygens (including phenoxy) is 1. The third kappa shape index (κ3) is 2.47. The Labute approximate surface area is 103 Å². The van der Waals surface area contributed by atoms with Gasteiger partial charge in [-0.1, -0.05) is 12.1 Å². The summed E-state index contributed by atoms with van der Waals surface area (Å²) in [7, 11) is 0. The highest BCUT2D eigenvalue weighted by molar-refractivity contribution is 5.39. The molecule has 2 nitrogen and oxygen atoms in total. The van der Waals surface area contributed by atoms with Crippen molar-refractivity contribution in [1.82, 2.24) is 5.32 Å². The molecule has 2 heteroatoms. The predicted molar refractivity (Wildman–Crippen MR) is 69.5 cm³/mol. The van der Waals surface area contributed by atoms with Crippen LogP contribution in [-0.2, 0) is 12.8 Å². The van der Waals surface area contributed by atoms with Crippen LogP contribution in [0.1, 0.15) is 30.9 Å². The summed E-state index contributed by atoms with van der Waals surface area (Å²) in [6.07, 6.45) is 4.98. The maximum atomic E-state index is 5.55. The van der Waals surface area contributed by atoms with Gasteiger partial charge in [0.1, 0.15) is 5.75 Å². The molecule has 0 bridgehead atoms. The van der Waals surface area contributed by atoms with Gasteiger partial charge >= 0.3 is 0 Å². The normalized spacial score (nSPS) is 27.6. The van der Waals surface area contributed by atoms with Crippen molar-refractivity contribution in [2.24, 2.45) is 5.92 Å². The molecule has 0 aromatic heterocycles. The predicted octanol–water partition coefficient (Wildman–Crippen LogP) is 2.55. The molecule has 2 atom stereocenters. The first-order valence-electron chi connectivity index (χ1n) is 6.79. The minimum atomic E-state index is 0.708. The summed E-state index contributed by atoms with van der Waals surface area (Å²) in [6, 6.07) is 7.44. The molecule has 2 aliphatic rings. The van der Waals surface area contributed by atoms with E-state index in [1.807, 2.05) is 0 Å². The first-order chi connectivity index (χ1) is 8.31. The lowest BCUT2D eigenvalue weighted by molar-refractivity contribution is 0.322. The molecule has 0 spiro atoms. The van der Waals surface area contributed by atoms with Gasteiger partial charge in [-0.15, -0.1) is 0 Å². The summed E-state index contributed by atoms with van der Waals surface area (Å²) < 4.78 is 5.55. The molecule has 0 aliphatic carbocycles. The zero-order valence-electron chi connectivity index (χ0n) is 10.5. The van der Waals surface area contributed by atoms with Crippen molar-refractivity contribution < 1.29 is 4.74 Å². The van der Waals surface area contributed by atoms with Gasteiger partial charge in [0.2, 0.25) is 0 Å². The average Bonchev–Trinajstić information content (AvgIpc) is 2.79. The highest BCUT2D eigenvalue weighted by Crippen LogP contribution is 2.27. The van der Waals surface area contributed by atoms with Crippen molar-refractivity contribution in [3.63, 3.8) is 0 Å². The molecule has 2 heterocycles. The first-order valence-corrected chi connectivity index (χ1v) is 6.79. The van der Waals surface area contributed by atoms with E-state index < -0.39 is 0 Å². The van der Waals surface area contributed by atoms with Gasteiger partial charge < -0.3 is 10.1 Å². The van der Waals surface area contributed by atoms with Crippen LogP contribution < -0.4 is 10.1 Å². The summed E-state index contributed by atoms with van der Waals surface area (Å²) in [6.45, 7) is 4.32. The van der Waals surface area contributed by atoms with Gasteiger partial charge in [-0.3, -0.25) is 0 Å². The van der Waals surface area contributed by atoms with Gasteiger partial charge in [0.25, 0.3) is 0 Å².